The molecule has 24 heavy (non-hydrogen) atoms. The van der Waals surface area contributed by atoms with E-state index in [9.17, 15) is 9.59 Å². The molecule has 2 N–H and O–H groups in total. The molecule has 1 unspecified atom stereocenters. The molecule has 1 aromatic carbocycles. The van der Waals surface area contributed by atoms with Gasteiger partial charge in [0.1, 0.15) is 5.75 Å². The number of benzene rings is 1. The molecule has 0 aliphatic carbocycles. The first-order valence-corrected chi connectivity index (χ1v) is 8.46. The van der Waals surface area contributed by atoms with Gasteiger partial charge >= 0.3 is 0 Å². The predicted octanol–water partition coefficient (Wildman–Crippen LogP) is 2.80. The van der Waals surface area contributed by atoms with Crippen molar-refractivity contribution < 1.29 is 14.3 Å². The molecule has 0 spiro atoms. The maximum atomic E-state index is 12.2. The van der Waals surface area contributed by atoms with Crippen LogP contribution >= 0.6 is 0 Å². The smallest absolute Gasteiger partial charge is 0.239 e. The Labute approximate surface area is 144 Å². The van der Waals surface area contributed by atoms with Crippen LogP contribution in [0.3, 0.4) is 0 Å². The molecule has 5 nitrogen and oxygen atoms in total. The second kappa shape index (κ2) is 7.24. The molecular formula is C19H28N2O3. The molecule has 1 aromatic rings. The van der Waals surface area contributed by atoms with Crippen molar-refractivity contribution in [1.82, 2.24) is 10.6 Å². The van der Waals surface area contributed by atoms with Crippen molar-refractivity contribution >= 4 is 11.8 Å². The Bertz CT molecular complexity index is 632. The molecule has 132 valence electrons. The Hall–Kier alpha value is -2.04. The largest absolute Gasteiger partial charge is 0.493 e. The van der Waals surface area contributed by atoms with Gasteiger partial charge in [0, 0.05) is 18.4 Å². The molecule has 2 amide bonds. The lowest BCUT2D eigenvalue weighted by molar-refractivity contribution is -0.127. The number of amides is 2. The van der Waals surface area contributed by atoms with Gasteiger partial charge in [-0.3, -0.25) is 9.59 Å². The summed E-state index contributed by atoms with van der Waals surface area (Å²) in [4.78, 5) is 24.0. The first-order chi connectivity index (χ1) is 11.2. The Morgan fingerprint density at radius 1 is 1.21 bits per heavy atom. The van der Waals surface area contributed by atoms with E-state index in [1.165, 1.54) is 0 Å². The number of aryl methyl sites for hydroxylation is 2. The van der Waals surface area contributed by atoms with Gasteiger partial charge in [0.05, 0.1) is 19.2 Å². The lowest BCUT2D eigenvalue weighted by atomic mass is 9.92. The SMILES string of the molecule is Cc1cc(C)c2c(c1)C(NC(=O)CNC(=O)CC(C)(C)C)CCO2. The van der Waals surface area contributed by atoms with Gasteiger partial charge in [0.25, 0.3) is 0 Å². The summed E-state index contributed by atoms with van der Waals surface area (Å²) in [5.41, 5.74) is 3.17. The molecule has 5 heteroatoms. The van der Waals surface area contributed by atoms with Crippen molar-refractivity contribution in [3.05, 3.63) is 28.8 Å². The monoisotopic (exact) mass is 332 g/mol. The van der Waals surface area contributed by atoms with E-state index < -0.39 is 0 Å². The minimum absolute atomic E-state index is 0.00635. The third-order valence-corrected chi connectivity index (χ3v) is 3.95. The summed E-state index contributed by atoms with van der Waals surface area (Å²) in [6, 6.07) is 4.07. The Morgan fingerprint density at radius 2 is 1.92 bits per heavy atom. The van der Waals surface area contributed by atoms with Crippen LogP contribution in [0.2, 0.25) is 0 Å². The van der Waals surface area contributed by atoms with Crippen LogP contribution in [-0.4, -0.2) is 25.0 Å². The molecular weight excluding hydrogens is 304 g/mol. The van der Waals surface area contributed by atoms with Crippen LogP contribution in [0.4, 0.5) is 0 Å². The molecule has 0 bridgehead atoms. The Morgan fingerprint density at radius 3 is 2.58 bits per heavy atom. The van der Waals surface area contributed by atoms with Crippen LogP contribution in [0.15, 0.2) is 12.1 Å². The summed E-state index contributed by atoms with van der Waals surface area (Å²) in [6.07, 6.45) is 1.14. The van der Waals surface area contributed by atoms with Crippen molar-refractivity contribution in [2.24, 2.45) is 5.41 Å². The number of ether oxygens (including phenoxy) is 1. The van der Waals surface area contributed by atoms with E-state index in [4.69, 9.17) is 4.74 Å². The normalized spacial score (nSPS) is 16.8. The number of carbonyl (C=O) groups excluding carboxylic acids is 2. The van der Waals surface area contributed by atoms with Crippen molar-refractivity contribution in [2.45, 2.75) is 53.5 Å². The number of fused-ring (bicyclic) bond motifs is 1. The highest BCUT2D eigenvalue weighted by Gasteiger charge is 2.25. The third kappa shape index (κ3) is 4.98. The minimum atomic E-state index is -0.172. The Kier molecular flexibility index (Phi) is 5.52. The molecule has 0 fully saturated rings. The molecule has 0 saturated carbocycles. The van der Waals surface area contributed by atoms with Crippen molar-refractivity contribution in [3.63, 3.8) is 0 Å². The van der Waals surface area contributed by atoms with E-state index in [0.29, 0.717) is 13.0 Å². The standard InChI is InChI=1S/C19H28N2O3/c1-12-8-13(2)18-14(9-12)15(6-7-24-18)21-17(23)11-20-16(22)10-19(3,4)5/h8-9,15H,6-7,10-11H2,1-5H3,(H,20,22)(H,21,23). The summed E-state index contributed by atoms with van der Waals surface area (Å²) in [5.74, 6) is 0.597. The molecule has 0 aromatic heterocycles. The van der Waals surface area contributed by atoms with Crippen molar-refractivity contribution in [2.75, 3.05) is 13.2 Å². The van der Waals surface area contributed by atoms with Gasteiger partial charge in [0.15, 0.2) is 0 Å². The average Bonchev–Trinajstić information content (AvgIpc) is 2.44. The molecule has 1 atom stereocenters. The number of nitrogens with one attached hydrogen (secondary N) is 2. The molecule has 1 aliphatic heterocycles. The molecule has 2 rings (SSSR count). The van der Waals surface area contributed by atoms with Crippen LogP contribution in [0.1, 0.15) is 56.3 Å². The predicted molar refractivity (Wildman–Crippen MR) is 94.0 cm³/mol. The van der Waals surface area contributed by atoms with Gasteiger partial charge in [-0.25, -0.2) is 0 Å². The summed E-state index contributed by atoms with van der Waals surface area (Å²) in [6.45, 7) is 10.6. The van der Waals surface area contributed by atoms with Crippen LogP contribution < -0.4 is 15.4 Å². The quantitative estimate of drug-likeness (QED) is 0.891. The summed E-state index contributed by atoms with van der Waals surface area (Å²) >= 11 is 0. The first kappa shape index (κ1) is 18.3. The highest BCUT2D eigenvalue weighted by Crippen LogP contribution is 2.35. The van der Waals surface area contributed by atoms with Gasteiger partial charge in [-0.1, -0.05) is 38.5 Å². The number of hydrogen-bond acceptors (Lipinski definition) is 3. The lowest BCUT2D eigenvalue weighted by Crippen LogP contribution is -2.40. The fourth-order valence-electron chi connectivity index (χ4n) is 3.00. The molecule has 1 heterocycles. The maximum Gasteiger partial charge on any atom is 0.239 e. The van der Waals surface area contributed by atoms with Gasteiger partial charge in [-0.2, -0.15) is 0 Å². The van der Waals surface area contributed by atoms with Crippen molar-refractivity contribution in [3.8, 4) is 5.75 Å². The maximum absolute atomic E-state index is 12.2. The number of rotatable bonds is 4. The molecule has 1 aliphatic rings. The zero-order valence-electron chi connectivity index (χ0n) is 15.3. The van der Waals surface area contributed by atoms with E-state index in [1.807, 2.05) is 34.6 Å². The van der Waals surface area contributed by atoms with Gasteiger partial charge in [0.2, 0.25) is 11.8 Å². The second-order valence-electron chi connectivity index (χ2n) is 7.77. The van der Waals surface area contributed by atoms with Gasteiger partial charge in [-0.15, -0.1) is 0 Å². The zero-order valence-corrected chi connectivity index (χ0v) is 15.3. The van der Waals surface area contributed by atoms with E-state index in [1.54, 1.807) is 0 Å². The molecule has 0 radical (unpaired) electrons. The first-order valence-electron chi connectivity index (χ1n) is 8.46. The Balaban J connectivity index is 1.95. The highest BCUT2D eigenvalue weighted by molar-refractivity contribution is 5.85. The lowest BCUT2D eigenvalue weighted by Gasteiger charge is -2.28. The molecule has 0 saturated heterocycles. The van der Waals surface area contributed by atoms with Gasteiger partial charge in [-0.05, 0) is 24.8 Å². The van der Waals surface area contributed by atoms with E-state index >= 15 is 0 Å². The number of carbonyl (C=O) groups is 2. The summed E-state index contributed by atoms with van der Waals surface area (Å²) in [7, 11) is 0. The fourth-order valence-corrected chi connectivity index (χ4v) is 3.00. The van der Waals surface area contributed by atoms with Crippen molar-refractivity contribution in [1.29, 1.82) is 0 Å². The minimum Gasteiger partial charge on any atom is -0.493 e. The topological polar surface area (TPSA) is 67.4 Å². The highest BCUT2D eigenvalue weighted by atomic mass is 16.5. The fraction of sp³-hybridized carbons (Fsp3) is 0.579. The summed E-state index contributed by atoms with van der Waals surface area (Å²) in [5, 5.41) is 5.71. The summed E-state index contributed by atoms with van der Waals surface area (Å²) < 4.78 is 5.75. The second-order valence-corrected chi connectivity index (χ2v) is 7.77. The van der Waals surface area contributed by atoms with Crippen LogP contribution in [-0.2, 0) is 9.59 Å². The number of hydrogen-bond donors (Lipinski definition) is 2. The van der Waals surface area contributed by atoms with Crippen LogP contribution in [0.5, 0.6) is 5.75 Å². The zero-order chi connectivity index (χ0) is 17.9. The van der Waals surface area contributed by atoms with Crippen LogP contribution in [0.25, 0.3) is 0 Å². The third-order valence-electron chi connectivity index (χ3n) is 3.95. The van der Waals surface area contributed by atoms with E-state index in [-0.39, 0.29) is 29.8 Å². The van der Waals surface area contributed by atoms with E-state index in [2.05, 4.69) is 22.8 Å². The van der Waals surface area contributed by atoms with E-state index in [0.717, 1.165) is 28.9 Å². The average molecular weight is 332 g/mol. The van der Waals surface area contributed by atoms with Gasteiger partial charge < -0.3 is 15.4 Å². The van der Waals surface area contributed by atoms with Crippen LogP contribution in [0, 0.1) is 19.3 Å².